The van der Waals surface area contributed by atoms with Gasteiger partial charge in [-0.2, -0.15) is 11.8 Å². The van der Waals surface area contributed by atoms with Gasteiger partial charge in [0, 0.05) is 23.5 Å². The highest BCUT2D eigenvalue weighted by Gasteiger charge is 2.21. The van der Waals surface area contributed by atoms with Crippen LogP contribution in [0.3, 0.4) is 0 Å². The van der Waals surface area contributed by atoms with Crippen molar-refractivity contribution in [3.63, 3.8) is 0 Å². The van der Waals surface area contributed by atoms with Crippen molar-refractivity contribution >= 4 is 11.8 Å². The first kappa shape index (κ1) is 13.8. The van der Waals surface area contributed by atoms with Gasteiger partial charge < -0.3 is 5.32 Å². The van der Waals surface area contributed by atoms with Gasteiger partial charge in [-0.3, -0.25) is 0 Å². The summed E-state index contributed by atoms with van der Waals surface area (Å²) in [7, 11) is 0. The molecule has 1 aromatic rings. The van der Waals surface area contributed by atoms with Crippen LogP contribution in [0, 0.1) is 0 Å². The van der Waals surface area contributed by atoms with Gasteiger partial charge >= 0.3 is 0 Å². The molecule has 1 unspecified atom stereocenters. The third-order valence-electron chi connectivity index (χ3n) is 3.31. The fourth-order valence-electron chi connectivity index (χ4n) is 2.38. The summed E-state index contributed by atoms with van der Waals surface area (Å²) >= 11 is 1.89. The lowest BCUT2D eigenvalue weighted by atomic mass is 9.92. The molecule has 1 aliphatic carbocycles. The zero-order chi connectivity index (χ0) is 12.8. The van der Waals surface area contributed by atoms with E-state index in [9.17, 15) is 0 Å². The van der Waals surface area contributed by atoms with Crippen LogP contribution in [0.1, 0.15) is 56.2 Å². The Morgan fingerprint density at radius 2 is 2.33 bits per heavy atom. The van der Waals surface area contributed by atoms with Crippen LogP contribution >= 0.6 is 11.8 Å². The molecule has 0 fully saturated rings. The second kappa shape index (κ2) is 7.10. The molecule has 1 heterocycles. The minimum absolute atomic E-state index is 0.474. The van der Waals surface area contributed by atoms with Gasteiger partial charge in [0.15, 0.2) is 0 Å². The highest BCUT2D eigenvalue weighted by atomic mass is 32.2. The normalized spacial score (nSPS) is 18.7. The SMILES string of the molecule is CCCNC1CCCc2nc(CSCC)ncc21. The Hall–Kier alpha value is -0.610. The maximum Gasteiger partial charge on any atom is 0.138 e. The molecule has 3 nitrogen and oxygen atoms in total. The number of nitrogens with one attached hydrogen (secondary N) is 1. The number of aromatic nitrogens is 2. The van der Waals surface area contributed by atoms with Crippen LogP contribution in [-0.2, 0) is 12.2 Å². The summed E-state index contributed by atoms with van der Waals surface area (Å²) in [6.07, 6.45) is 6.81. The average Bonchev–Trinajstić information content (AvgIpc) is 2.42. The fourth-order valence-corrected chi connectivity index (χ4v) is 2.91. The van der Waals surface area contributed by atoms with Gasteiger partial charge in [0.25, 0.3) is 0 Å². The van der Waals surface area contributed by atoms with Crippen LogP contribution in [0.25, 0.3) is 0 Å². The van der Waals surface area contributed by atoms with Gasteiger partial charge in [0.1, 0.15) is 5.82 Å². The highest BCUT2D eigenvalue weighted by molar-refractivity contribution is 7.98. The molecule has 0 bridgehead atoms. The van der Waals surface area contributed by atoms with Gasteiger partial charge in [0.2, 0.25) is 0 Å². The van der Waals surface area contributed by atoms with E-state index in [1.165, 1.54) is 30.5 Å². The molecule has 1 aliphatic rings. The summed E-state index contributed by atoms with van der Waals surface area (Å²) in [5, 5.41) is 3.60. The molecular weight excluding hydrogens is 242 g/mol. The van der Waals surface area contributed by atoms with E-state index in [1.807, 2.05) is 11.8 Å². The quantitative estimate of drug-likeness (QED) is 0.857. The predicted molar refractivity (Wildman–Crippen MR) is 77.8 cm³/mol. The summed E-state index contributed by atoms with van der Waals surface area (Å²) in [6, 6.07) is 0.474. The molecule has 0 saturated heterocycles. The van der Waals surface area contributed by atoms with Crippen LogP contribution < -0.4 is 5.32 Å². The third-order valence-corrected chi connectivity index (χ3v) is 4.18. The van der Waals surface area contributed by atoms with Crippen molar-refractivity contribution in [3.05, 3.63) is 23.3 Å². The van der Waals surface area contributed by atoms with E-state index in [2.05, 4.69) is 30.3 Å². The average molecular weight is 265 g/mol. The molecule has 1 atom stereocenters. The first-order valence-corrected chi connectivity index (χ1v) is 8.16. The van der Waals surface area contributed by atoms with Crippen molar-refractivity contribution < 1.29 is 0 Å². The monoisotopic (exact) mass is 265 g/mol. The lowest BCUT2D eigenvalue weighted by Crippen LogP contribution is -2.27. The van der Waals surface area contributed by atoms with Crippen LogP contribution in [0.2, 0.25) is 0 Å². The lowest BCUT2D eigenvalue weighted by molar-refractivity contribution is 0.452. The van der Waals surface area contributed by atoms with Crippen LogP contribution in [0.5, 0.6) is 0 Å². The lowest BCUT2D eigenvalue weighted by Gasteiger charge is -2.25. The first-order valence-electron chi connectivity index (χ1n) is 7.01. The number of nitrogens with zero attached hydrogens (tertiary/aromatic N) is 2. The van der Waals surface area contributed by atoms with E-state index in [4.69, 9.17) is 4.98 Å². The zero-order valence-corrected chi connectivity index (χ0v) is 12.2. The largest absolute Gasteiger partial charge is 0.310 e. The maximum atomic E-state index is 4.74. The molecule has 0 amide bonds. The Bertz CT molecular complexity index is 381. The summed E-state index contributed by atoms with van der Waals surface area (Å²) in [6.45, 7) is 5.46. The van der Waals surface area contributed by atoms with E-state index in [0.29, 0.717) is 6.04 Å². The molecular formula is C14H23N3S. The predicted octanol–water partition coefficient (Wildman–Crippen LogP) is 3.11. The van der Waals surface area contributed by atoms with Gasteiger partial charge in [-0.1, -0.05) is 13.8 Å². The minimum Gasteiger partial charge on any atom is -0.310 e. The number of thioether (sulfide) groups is 1. The van der Waals surface area contributed by atoms with Crippen LogP contribution in [0.4, 0.5) is 0 Å². The van der Waals surface area contributed by atoms with E-state index >= 15 is 0 Å². The summed E-state index contributed by atoms with van der Waals surface area (Å²) in [5.41, 5.74) is 2.61. The van der Waals surface area contributed by atoms with Crippen molar-refractivity contribution in [1.82, 2.24) is 15.3 Å². The fraction of sp³-hybridized carbons (Fsp3) is 0.714. The number of fused-ring (bicyclic) bond motifs is 1. The van der Waals surface area contributed by atoms with Crippen molar-refractivity contribution in [2.75, 3.05) is 12.3 Å². The molecule has 100 valence electrons. The van der Waals surface area contributed by atoms with E-state index in [-0.39, 0.29) is 0 Å². The molecule has 18 heavy (non-hydrogen) atoms. The summed E-state index contributed by atoms with van der Waals surface area (Å²) in [4.78, 5) is 9.25. The van der Waals surface area contributed by atoms with Crippen molar-refractivity contribution in [2.45, 2.75) is 51.3 Å². The van der Waals surface area contributed by atoms with Crippen molar-refractivity contribution in [3.8, 4) is 0 Å². The molecule has 0 radical (unpaired) electrons. The van der Waals surface area contributed by atoms with E-state index in [0.717, 1.165) is 30.3 Å². The Balaban J connectivity index is 2.09. The van der Waals surface area contributed by atoms with Crippen molar-refractivity contribution in [1.29, 1.82) is 0 Å². The molecule has 1 N–H and O–H groups in total. The minimum atomic E-state index is 0.474. The van der Waals surface area contributed by atoms with Crippen LogP contribution in [0.15, 0.2) is 6.20 Å². The van der Waals surface area contributed by atoms with E-state index in [1.54, 1.807) is 0 Å². The van der Waals surface area contributed by atoms with E-state index < -0.39 is 0 Å². The molecule has 2 rings (SSSR count). The van der Waals surface area contributed by atoms with Gasteiger partial charge in [0.05, 0.1) is 5.75 Å². The number of rotatable bonds is 6. The summed E-state index contributed by atoms with van der Waals surface area (Å²) in [5.74, 6) is 3.06. The zero-order valence-electron chi connectivity index (χ0n) is 11.4. The van der Waals surface area contributed by atoms with Crippen LogP contribution in [-0.4, -0.2) is 22.3 Å². The van der Waals surface area contributed by atoms with Gasteiger partial charge in [-0.05, 0) is 38.0 Å². The topological polar surface area (TPSA) is 37.8 Å². The highest BCUT2D eigenvalue weighted by Crippen LogP contribution is 2.28. The second-order valence-electron chi connectivity index (χ2n) is 4.72. The Morgan fingerprint density at radius 3 is 3.11 bits per heavy atom. The second-order valence-corrected chi connectivity index (χ2v) is 6.00. The molecule has 0 spiro atoms. The summed E-state index contributed by atoms with van der Waals surface area (Å²) < 4.78 is 0. The molecule has 0 aliphatic heterocycles. The van der Waals surface area contributed by atoms with Crippen molar-refractivity contribution in [2.24, 2.45) is 0 Å². The Kier molecular flexibility index (Phi) is 5.45. The molecule has 0 saturated carbocycles. The molecule has 4 heteroatoms. The maximum absolute atomic E-state index is 4.74. The first-order chi connectivity index (χ1) is 8.85. The number of hydrogen-bond acceptors (Lipinski definition) is 4. The molecule has 1 aromatic heterocycles. The van der Waals surface area contributed by atoms with Gasteiger partial charge in [-0.15, -0.1) is 0 Å². The number of aryl methyl sites for hydroxylation is 1. The molecule has 0 aromatic carbocycles. The standard InChI is InChI=1S/C14H23N3S/c1-3-8-15-12-6-5-7-13-11(12)9-16-14(17-13)10-18-4-2/h9,12,15H,3-8,10H2,1-2H3. The Labute approximate surface area is 114 Å². The smallest absolute Gasteiger partial charge is 0.138 e. The third kappa shape index (κ3) is 3.45. The Morgan fingerprint density at radius 1 is 1.44 bits per heavy atom. The number of hydrogen-bond donors (Lipinski definition) is 1. The van der Waals surface area contributed by atoms with Gasteiger partial charge in [-0.25, -0.2) is 9.97 Å².